The molecule has 3 atom stereocenters. The van der Waals surface area contributed by atoms with Crippen LogP contribution in [0.2, 0.25) is 0 Å². The molecule has 0 saturated heterocycles. The molecule has 1 aliphatic carbocycles. The highest BCUT2D eigenvalue weighted by atomic mass is 16.5. The molecule has 0 aromatic carbocycles. The van der Waals surface area contributed by atoms with Gasteiger partial charge in [0, 0.05) is 5.41 Å². The van der Waals surface area contributed by atoms with Crippen LogP contribution in [-0.4, -0.2) is 41.6 Å². The lowest BCUT2D eigenvalue weighted by Crippen LogP contribution is -2.53. The van der Waals surface area contributed by atoms with Gasteiger partial charge in [-0.1, -0.05) is 20.8 Å². The lowest BCUT2D eigenvalue weighted by molar-refractivity contribution is -0.148. The van der Waals surface area contributed by atoms with Gasteiger partial charge in [0.1, 0.15) is 5.54 Å². The number of nitrogens with one attached hydrogen (secondary N) is 1. The van der Waals surface area contributed by atoms with Crippen LogP contribution in [0.25, 0.3) is 0 Å². The van der Waals surface area contributed by atoms with E-state index in [2.05, 4.69) is 5.32 Å². The van der Waals surface area contributed by atoms with Crippen molar-refractivity contribution in [1.82, 2.24) is 5.32 Å². The van der Waals surface area contributed by atoms with E-state index in [1.54, 1.807) is 0 Å². The molecule has 19 heavy (non-hydrogen) atoms. The smallest absolute Gasteiger partial charge is 0.332 e. The highest BCUT2D eigenvalue weighted by Gasteiger charge is 2.75. The molecule has 7 heteroatoms. The van der Waals surface area contributed by atoms with E-state index in [4.69, 9.17) is 15.6 Å². The highest BCUT2D eigenvalue weighted by molar-refractivity contribution is 5.95. The molecule has 0 spiro atoms. The number of carbonyl (C=O) groups excluding carboxylic acids is 2. The van der Waals surface area contributed by atoms with Crippen LogP contribution in [-0.2, 0) is 19.1 Å². The Kier molecular flexibility index (Phi) is 3.90. The zero-order valence-electron chi connectivity index (χ0n) is 11.5. The van der Waals surface area contributed by atoms with Crippen molar-refractivity contribution in [3.63, 3.8) is 0 Å². The molecule has 1 rings (SSSR count). The molecule has 0 aliphatic heterocycles. The van der Waals surface area contributed by atoms with Crippen LogP contribution in [0.4, 0.5) is 0 Å². The van der Waals surface area contributed by atoms with Crippen LogP contribution in [0.15, 0.2) is 0 Å². The minimum Gasteiger partial charge on any atom is -0.481 e. The third-order valence-corrected chi connectivity index (χ3v) is 4.22. The number of esters is 1. The maximum atomic E-state index is 11.9. The summed E-state index contributed by atoms with van der Waals surface area (Å²) < 4.78 is 4.73. The molecule has 0 heterocycles. The number of methoxy groups -OCH3 is 1. The summed E-state index contributed by atoms with van der Waals surface area (Å²) in [5, 5.41) is 11.2. The Hall–Kier alpha value is -1.63. The van der Waals surface area contributed by atoms with Gasteiger partial charge in [-0.3, -0.25) is 9.59 Å². The summed E-state index contributed by atoms with van der Waals surface area (Å²) >= 11 is 0. The summed E-state index contributed by atoms with van der Waals surface area (Å²) in [6, 6.07) is -1.19. The minimum atomic E-state index is -1.19. The lowest BCUT2D eigenvalue weighted by Gasteiger charge is -2.21. The molecule has 0 radical (unpaired) electrons. The van der Waals surface area contributed by atoms with Gasteiger partial charge in [-0.05, 0) is 5.92 Å². The van der Waals surface area contributed by atoms with Crippen LogP contribution in [0.5, 0.6) is 0 Å². The first-order valence-corrected chi connectivity index (χ1v) is 5.99. The lowest BCUT2D eigenvalue weighted by atomic mass is 10.0. The second kappa shape index (κ2) is 4.80. The van der Waals surface area contributed by atoms with Crippen molar-refractivity contribution in [2.75, 3.05) is 7.11 Å². The van der Waals surface area contributed by atoms with Crippen LogP contribution < -0.4 is 11.1 Å². The summed E-state index contributed by atoms with van der Waals surface area (Å²) in [4.78, 5) is 34.3. The van der Waals surface area contributed by atoms with E-state index in [1.807, 2.05) is 20.8 Å². The Morgan fingerprint density at radius 1 is 1.42 bits per heavy atom. The van der Waals surface area contributed by atoms with Crippen LogP contribution >= 0.6 is 0 Å². The molecule has 4 N–H and O–H groups in total. The molecule has 7 nitrogen and oxygen atoms in total. The number of amides is 1. The molecular formula is C12H20N2O5. The number of rotatable bonds is 5. The molecule has 1 amide bonds. The van der Waals surface area contributed by atoms with Crippen molar-refractivity contribution < 1.29 is 24.2 Å². The number of hydrogen-bond donors (Lipinski definition) is 3. The van der Waals surface area contributed by atoms with Gasteiger partial charge in [0.15, 0.2) is 0 Å². The molecule has 1 aliphatic rings. The number of carbonyl (C=O) groups is 3. The van der Waals surface area contributed by atoms with Crippen molar-refractivity contribution in [2.45, 2.75) is 38.8 Å². The summed E-state index contributed by atoms with van der Waals surface area (Å²) in [7, 11) is 1.24. The highest BCUT2D eigenvalue weighted by Crippen LogP contribution is 2.61. The molecule has 1 fully saturated rings. The van der Waals surface area contributed by atoms with Gasteiger partial charge < -0.3 is 20.9 Å². The maximum absolute atomic E-state index is 11.9. The molecule has 0 unspecified atom stereocenters. The molecule has 1 saturated carbocycles. The number of aliphatic carboxylic acids is 1. The molecule has 0 aromatic heterocycles. The largest absolute Gasteiger partial charge is 0.481 e. The third-order valence-electron chi connectivity index (χ3n) is 4.22. The van der Waals surface area contributed by atoms with Gasteiger partial charge in [0.25, 0.3) is 0 Å². The first-order valence-electron chi connectivity index (χ1n) is 5.99. The predicted molar refractivity (Wildman–Crippen MR) is 66.1 cm³/mol. The second-order valence-electron chi connectivity index (χ2n) is 5.44. The number of ether oxygens (including phenoxy) is 1. The average Bonchev–Trinajstić information content (AvgIpc) is 2.73. The summed E-state index contributed by atoms with van der Waals surface area (Å²) in [6.07, 6.45) is -0.488. The SMILES string of the molecule is COC(=O)[C@]1(NC(=O)[C@@H](N)CC(=O)O)[C@@H](C)C1(C)C. The Morgan fingerprint density at radius 2 is 1.89 bits per heavy atom. The van der Waals surface area contributed by atoms with Crippen molar-refractivity contribution in [3.8, 4) is 0 Å². The summed E-state index contributed by atoms with van der Waals surface area (Å²) in [6.45, 7) is 5.48. The third kappa shape index (κ3) is 2.30. The maximum Gasteiger partial charge on any atom is 0.332 e. The van der Waals surface area contributed by atoms with Crippen molar-refractivity contribution >= 4 is 17.8 Å². The van der Waals surface area contributed by atoms with Gasteiger partial charge in [-0.25, -0.2) is 4.79 Å². The number of hydrogen-bond acceptors (Lipinski definition) is 5. The fourth-order valence-corrected chi connectivity index (χ4v) is 2.51. The van der Waals surface area contributed by atoms with E-state index in [0.717, 1.165) is 0 Å². The van der Waals surface area contributed by atoms with Crippen LogP contribution in [0.1, 0.15) is 27.2 Å². The second-order valence-corrected chi connectivity index (χ2v) is 5.44. The fraction of sp³-hybridized carbons (Fsp3) is 0.750. The van der Waals surface area contributed by atoms with Gasteiger partial charge >= 0.3 is 11.9 Å². The van der Waals surface area contributed by atoms with Gasteiger partial charge in [-0.15, -0.1) is 0 Å². The van der Waals surface area contributed by atoms with Crippen LogP contribution in [0, 0.1) is 11.3 Å². The molecule has 0 bridgehead atoms. The monoisotopic (exact) mass is 272 g/mol. The Morgan fingerprint density at radius 3 is 2.21 bits per heavy atom. The standard InChI is InChI=1S/C12H20N2O5/c1-6-11(2,3)12(6,10(18)19-4)14-9(17)7(13)5-8(15)16/h6-7H,5,13H2,1-4H3,(H,14,17)(H,15,16)/t6-,7-,12+/m0/s1. The Labute approximate surface area is 111 Å². The first kappa shape index (κ1) is 15.4. The van der Waals surface area contributed by atoms with Crippen molar-refractivity contribution in [1.29, 1.82) is 0 Å². The zero-order valence-corrected chi connectivity index (χ0v) is 11.5. The minimum absolute atomic E-state index is 0.117. The normalized spacial score (nSPS) is 29.2. The Balaban J connectivity index is 2.86. The van der Waals surface area contributed by atoms with E-state index in [1.165, 1.54) is 7.11 Å². The molecular weight excluding hydrogens is 252 g/mol. The van der Waals surface area contributed by atoms with Crippen molar-refractivity contribution in [2.24, 2.45) is 17.1 Å². The van der Waals surface area contributed by atoms with Crippen LogP contribution in [0.3, 0.4) is 0 Å². The van der Waals surface area contributed by atoms with E-state index < -0.39 is 41.3 Å². The topological polar surface area (TPSA) is 119 Å². The predicted octanol–water partition coefficient (Wildman–Crippen LogP) is -0.508. The number of carboxylic acids is 1. The summed E-state index contributed by atoms with van der Waals surface area (Å²) in [5.41, 5.74) is 3.89. The summed E-state index contributed by atoms with van der Waals surface area (Å²) in [5.74, 6) is -2.49. The van der Waals surface area contributed by atoms with E-state index in [0.29, 0.717) is 0 Å². The van der Waals surface area contributed by atoms with E-state index >= 15 is 0 Å². The average molecular weight is 272 g/mol. The zero-order chi connectivity index (χ0) is 15.0. The molecule has 0 aromatic rings. The molecule has 108 valence electrons. The quantitative estimate of drug-likeness (QED) is 0.580. The van der Waals surface area contributed by atoms with Gasteiger partial charge in [-0.2, -0.15) is 0 Å². The van der Waals surface area contributed by atoms with Gasteiger partial charge in [0.05, 0.1) is 19.6 Å². The number of nitrogens with two attached hydrogens (primary N) is 1. The Bertz CT molecular complexity index is 420. The van der Waals surface area contributed by atoms with E-state index in [-0.39, 0.29) is 5.92 Å². The van der Waals surface area contributed by atoms with Crippen molar-refractivity contribution in [3.05, 3.63) is 0 Å². The van der Waals surface area contributed by atoms with Gasteiger partial charge in [0.2, 0.25) is 5.91 Å². The first-order chi connectivity index (χ1) is 8.61. The fourth-order valence-electron chi connectivity index (χ4n) is 2.51. The number of carboxylic acid groups (broad SMARTS) is 1. The van der Waals surface area contributed by atoms with E-state index in [9.17, 15) is 14.4 Å².